The molecule has 0 radical (unpaired) electrons. The first-order chi connectivity index (χ1) is 14.1. The van der Waals surface area contributed by atoms with Crippen LogP contribution in [0.3, 0.4) is 0 Å². The molecular weight excluding hydrogens is 404 g/mol. The molecule has 30 heavy (non-hydrogen) atoms. The number of sulfonamides is 1. The summed E-state index contributed by atoms with van der Waals surface area (Å²) in [5, 5.41) is 5.23. The van der Waals surface area contributed by atoms with Crippen LogP contribution in [0.4, 0.5) is 5.69 Å². The zero-order valence-corrected chi connectivity index (χ0v) is 17.4. The van der Waals surface area contributed by atoms with Crippen LogP contribution in [0.5, 0.6) is 0 Å². The Balaban J connectivity index is 1.59. The Morgan fingerprint density at radius 2 is 1.77 bits per heavy atom. The summed E-state index contributed by atoms with van der Waals surface area (Å²) in [5.74, 6) is -0.611. The van der Waals surface area contributed by atoms with Crippen molar-refractivity contribution in [1.29, 1.82) is 0 Å². The van der Waals surface area contributed by atoms with Gasteiger partial charge in [-0.3, -0.25) is 14.5 Å². The van der Waals surface area contributed by atoms with Crippen LogP contribution in [0.1, 0.15) is 23.6 Å². The lowest BCUT2D eigenvalue weighted by Gasteiger charge is -2.36. The summed E-state index contributed by atoms with van der Waals surface area (Å²) in [6.07, 6.45) is 1.01. The van der Waals surface area contributed by atoms with Crippen molar-refractivity contribution in [2.75, 3.05) is 11.4 Å². The molecule has 0 spiro atoms. The molecule has 1 unspecified atom stereocenters. The number of carbonyl (C=O) groups is 2. The molecule has 2 atom stereocenters. The SMILES string of the molecule is CC1Cc2cc(S(N)(=O)=O)ccc2N1C(=O)CN1Cc2ccccc2C[C@H]1C(N)=O. The summed E-state index contributed by atoms with van der Waals surface area (Å²) in [4.78, 5) is 28.8. The molecular formula is C21H24N4O4S. The van der Waals surface area contributed by atoms with Crippen LogP contribution in [-0.4, -0.2) is 43.8 Å². The number of fused-ring (bicyclic) bond motifs is 2. The Kier molecular flexibility index (Phi) is 5.13. The van der Waals surface area contributed by atoms with Gasteiger partial charge in [0.05, 0.1) is 17.5 Å². The van der Waals surface area contributed by atoms with Gasteiger partial charge in [0.2, 0.25) is 21.8 Å². The van der Waals surface area contributed by atoms with Gasteiger partial charge in [-0.25, -0.2) is 13.6 Å². The number of primary sulfonamides is 1. The van der Waals surface area contributed by atoms with Crippen molar-refractivity contribution in [3.05, 3.63) is 59.2 Å². The number of hydrogen-bond donors (Lipinski definition) is 2. The first-order valence-corrected chi connectivity index (χ1v) is 11.3. The second-order valence-corrected chi connectivity index (χ2v) is 9.51. The van der Waals surface area contributed by atoms with E-state index >= 15 is 0 Å². The van der Waals surface area contributed by atoms with Crippen molar-refractivity contribution < 1.29 is 18.0 Å². The van der Waals surface area contributed by atoms with E-state index in [0.717, 1.165) is 16.7 Å². The van der Waals surface area contributed by atoms with Gasteiger partial charge >= 0.3 is 0 Å². The number of rotatable bonds is 4. The van der Waals surface area contributed by atoms with E-state index < -0.39 is 22.0 Å². The Labute approximate surface area is 175 Å². The average molecular weight is 429 g/mol. The third kappa shape index (κ3) is 3.71. The first-order valence-electron chi connectivity index (χ1n) is 9.73. The monoisotopic (exact) mass is 428 g/mol. The molecule has 2 amide bonds. The lowest BCUT2D eigenvalue weighted by Crippen LogP contribution is -2.53. The van der Waals surface area contributed by atoms with Crippen LogP contribution in [0, 0.1) is 0 Å². The average Bonchev–Trinajstić information content (AvgIpc) is 3.01. The van der Waals surface area contributed by atoms with Gasteiger partial charge in [0, 0.05) is 18.3 Å². The molecule has 0 saturated heterocycles. The third-order valence-electron chi connectivity index (χ3n) is 5.88. The number of amides is 2. The standard InChI is InChI=1S/C21H24N4O4S/c1-13-8-16-9-17(30(23,28)29)6-7-18(16)25(13)20(26)12-24-11-15-5-3-2-4-14(15)10-19(24)21(22)27/h2-7,9,13,19H,8,10-12H2,1H3,(H2,22,27)(H2,23,28,29)/t13?,19-/m0/s1. The Morgan fingerprint density at radius 3 is 2.43 bits per heavy atom. The van der Waals surface area contributed by atoms with Crippen molar-refractivity contribution in [3.63, 3.8) is 0 Å². The van der Waals surface area contributed by atoms with Crippen molar-refractivity contribution in [2.45, 2.75) is 43.3 Å². The molecule has 0 fully saturated rings. The van der Waals surface area contributed by atoms with Crippen LogP contribution in [0.2, 0.25) is 0 Å². The Hall–Kier alpha value is -2.75. The number of primary amides is 1. The number of carbonyl (C=O) groups excluding carboxylic acids is 2. The van der Waals surface area contributed by atoms with E-state index in [-0.39, 0.29) is 23.4 Å². The zero-order valence-electron chi connectivity index (χ0n) is 16.6. The second kappa shape index (κ2) is 7.50. The van der Waals surface area contributed by atoms with Gasteiger partial charge in [-0.05, 0) is 54.7 Å². The van der Waals surface area contributed by atoms with Gasteiger partial charge in [0.1, 0.15) is 0 Å². The molecule has 2 heterocycles. The molecule has 2 aliphatic heterocycles. The summed E-state index contributed by atoms with van der Waals surface area (Å²) >= 11 is 0. The van der Waals surface area contributed by atoms with Crippen molar-refractivity contribution in [2.24, 2.45) is 10.9 Å². The van der Waals surface area contributed by atoms with Crippen LogP contribution < -0.4 is 15.8 Å². The van der Waals surface area contributed by atoms with Crippen LogP contribution in [0.15, 0.2) is 47.4 Å². The molecule has 2 aromatic carbocycles. The number of nitrogens with two attached hydrogens (primary N) is 2. The topological polar surface area (TPSA) is 127 Å². The predicted octanol–water partition coefficient (Wildman–Crippen LogP) is 0.524. The summed E-state index contributed by atoms with van der Waals surface area (Å²) in [6, 6.07) is 11.7. The van der Waals surface area contributed by atoms with Crippen molar-refractivity contribution in [1.82, 2.24) is 4.90 Å². The molecule has 0 bridgehead atoms. The predicted molar refractivity (Wildman–Crippen MR) is 112 cm³/mol. The molecule has 158 valence electrons. The lowest BCUT2D eigenvalue weighted by molar-refractivity contribution is -0.126. The van der Waals surface area contributed by atoms with Crippen LogP contribution in [-0.2, 0) is 39.0 Å². The van der Waals surface area contributed by atoms with E-state index in [2.05, 4.69) is 0 Å². The van der Waals surface area contributed by atoms with Crippen LogP contribution >= 0.6 is 0 Å². The maximum atomic E-state index is 13.2. The maximum Gasteiger partial charge on any atom is 0.241 e. The molecule has 0 aliphatic carbocycles. The lowest BCUT2D eigenvalue weighted by atomic mass is 9.93. The van der Waals surface area contributed by atoms with E-state index in [4.69, 9.17) is 10.9 Å². The van der Waals surface area contributed by atoms with Gasteiger partial charge in [-0.15, -0.1) is 0 Å². The number of benzene rings is 2. The minimum Gasteiger partial charge on any atom is -0.368 e. The number of anilines is 1. The van der Waals surface area contributed by atoms with E-state index in [1.54, 1.807) is 11.0 Å². The van der Waals surface area contributed by atoms with E-state index in [9.17, 15) is 18.0 Å². The molecule has 8 nitrogen and oxygen atoms in total. The molecule has 4 rings (SSSR count). The van der Waals surface area contributed by atoms with Crippen molar-refractivity contribution in [3.8, 4) is 0 Å². The minimum atomic E-state index is -3.81. The minimum absolute atomic E-state index is 0.0316. The van der Waals surface area contributed by atoms with E-state index in [1.165, 1.54) is 12.1 Å². The largest absolute Gasteiger partial charge is 0.368 e. The van der Waals surface area contributed by atoms with Crippen molar-refractivity contribution >= 4 is 27.5 Å². The smallest absolute Gasteiger partial charge is 0.241 e. The molecule has 2 aromatic rings. The zero-order chi connectivity index (χ0) is 21.6. The van der Waals surface area contributed by atoms with Gasteiger partial charge in [0.15, 0.2) is 0 Å². The van der Waals surface area contributed by atoms with E-state index in [0.29, 0.717) is 25.1 Å². The van der Waals surface area contributed by atoms with Crippen LogP contribution in [0.25, 0.3) is 0 Å². The number of hydrogen-bond acceptors (Lipinski definition) is 5. The fourth-order valence-corrected chi connectivity index (χ4v) is 5.00. The molecule has 4 N–H and O–H groups in total. The second-order valence-electron chi connectivity index (χ2n) is 7.95. The number of nitrogens with zero attached hydrogens (tertiary/aromatic N) is 2. The highest BCUT2D eigenvalue weighted by atomic mass is 32.2. The maximum absolute atomic E-state index is 13.2. The first kappa shape index (κ1) is 20.5. The quantitative estimate of drug-likeness (QED) is 0.734. The summed E-state index contributed by atoms with van der Waals surface area (Å²) in [7, 11) is -3.81. The summed E-state index contributed by atoms with van der Waals surface area (Å²) in [6.45, 7) is 2.42. The molecule has 2 aliphatic rings. The normalized spacial score (nSPS) is 21.2. The third-order valence-corrected chi connectivity index (χ3v) is 6.79. The highest BCUT2D eigenvalue weighted by Crippen LogP contribution is 2.34. The molecule has 9 heteroatoms. The fraction of sp³-hybridized carbons (Fsp3) is 0.333. The van der Waals surface area contributed by atoms with Gasteiger partial charge in [0.25, 0.3) is 0 Å². The molecule has 0 aromatic heterocycles. The molecule has 0 saturated carbocycles. The highest BCUT2D eigenvalue weighted by Gasteiger charge is 2.36. The fourth-order valence-electron chi connectivity index (χ4n) is 4.44. The van der Waals surface area contributed by atoms with Gasteiger partial charge in [-0.2, -0.15) is 0 Å². The van der Waals surface area contributed by atoms with Gasteiger partial charge in [-0.1, -0.05) is 24.3 Å². The van der Waals surface area contributed by atoms with Gasteiger partial charge < -0.3 is 10.6 Å². The summed E-state index contributed by atoms with van der Waals surface area (Å²) < 4.78 is 23.3. The Morgan fingerprint density at radius 1 is 1.07 bits per heavy atom. The Bertz CT molecular complexity index is 1130. The summed E-state index contributed by atoms with van der Waals surface area (Å²) in [5.41, 5.74) is 9.22. The van der Waals surface area contributed by atoms with E-state index in [1.807, 2.05) is 36.1 Å². The highest BCUT2D eigenvalue weighted by molar-refractivity contribution is 7.89.